The molecule has 0 unspecified atom stereocenters. The molecule has 0 radical (unpaired) electrons. The van der Waals surface area contributed by atoms with Crippen LogP contribution in [0.5, 0.6) is 0 Å². The van der Waals surface area contributed by atoms with Crippen molar-refractivity contribution < 1.29 is 14.0 Å². The van der Waals surface area contributed by atoms with Crippen molar-refractivity contribution in [3.8, 4) is 0 Å². The standard InChI is InChI=1S/C17H16Br2FN3O3/c1-23-7-11(16(24)22-26-8-9-2-3-9)15(14(19)17(23)25)21-13-5-4-10(18)6-12(13)20/h4-7,9,21H,2-3,8H2,1H3,(H,22,24). The Bertz CT molecular complexity index is 913. The van der Waals surface area contributed by atoms with E-state index in [4.69, 9.17) is 4.84 Å². The maximum Gasteiger partial charge on any atom is 0.278 e. The Kier molecular flexibility index (Phi) is 5.79. The lowest BCUT2D eigenvalue weighted by atomic mass is 10.2. The maximum absolute atomic E-state index is 14.2. The topological polar surface area (TPSA) is 72.4 Å². The number of hydroxylamine groups is 1. The average molecular weight is 489 g/mol. The molecule has 1 aliphatic carbocycles. The van der Waals surface area contributed by atoms with Gasteiger partial charge in [-0.2, -0.15) is 0 Å². The molecule has 9 heteroatoms. The number of hydrogen-bond donors (Lipinski definition) is 2. The first-order valence-corrected chi connectivity index (χ1v) is 9.48. The summed E-state index contributed by atoms with van der Waals surface area (Å²) in [5.74, 6) is -0.568. The number of nitrogens with zero attached hydrogens (tertiary/aromatic N) is 1. The SMILES string of the molecule is Cn1cc(C(=O)NOCC2CC2)c(Nc2ccc(Br)cc2F)c(Br)c1=O. The van der Waals surface area contributed by atoms with Gasteiger partial charge in [-0.05, 0) is 52.9 Å². The molecule has 1 saturated carbocycles. The molecule has 1 heterocycles. The molecule has 1 aromatic heterocycles. The summed E-state index contributed by atoms with van der Waals surface area (Å²) in [7, 11) is 1.53. The quantitative estimate of drug-likeness (QED) is 0.605. The zero-order valence-electron chi connectivity index (χ0n) is 13.8. The van der Waals surface area contributed by atoms with E-state index in [0.717, 1.165) is 12.8 Å². The number of carbonyl (C=O) groups is 1. The number of aryl methyl sites for hydroxylation is 1. The van der Waals surface area contributed by atoms with Crippen molar-refractivity contribution in [1.82, 2.24) is 10.0 Å². The van der Waals surface area contributed by atoms with E-state index in [-0.39, 0.29) is 27.0 Å². The number of halogens is 3. The summed E-state index contributed by atoms with van der Waals surface area (Å²) in [6, 6.07) is 4.45. The Balaban J connectivity index is 1.92. The highest BCUT2D eigenvalue weighted by molar-refractivity contribution is 9.10. The molecule has 1 fully saturated rings. The average Bonchev–Trinajstić information content (AvgIpc) is 3.41. The number of anilines is 2. The van der Waals surface area contributed by atoms with Crippen LogP contribution >= 0.6 is 31.9 Å². The van der Waals surface area contributed by atoms with Crippen molar-refractivity contribution in [2.45, 2.75) is 12.8 Å². The number of amides is 1. The monoisotopic (exact) mass is 487 g/mol. The summed E-state index contributed by atoms with van der Waals surface area (Å²) in [5, 5.41) is 2.82. The van der Waals surface area contributed by atoms with Crippen LogP contribution in [0.15, 0.2) is 38.1 Å². The van der Waals surface area contributed by atoms with Gasteiger partial charge >= 0.3 is 0 Å². The molecule has 0 bridgehead atoms. The third-order valence-corrected chi connectivity index (χ3v) is 5.16. The first-order chi connectivity index (χ1) is 12.4. The van der Waals surface area contributed by atoms with E-state index in [2.05, 4.69) is 42.7 Å². The second-order valence-corrected chi connectivity index (χ2v) is 7.79. The van der Waals surface area contributed by atoms with E-state index in [1.807, 2.05) is 0 Å². The van der Waals surface area contributed by atoms with E-state index >= 15 is 0 Å². The molecule has 138 valence electrons. The molecule has 1 amide bonds. The predicted octanol–water partition coefficient (Wildman–Crippen LogP) is 3.86. The number of pyridine rings is 1. The summed E-state index contributed by atoms with van der Waals surface area (Å²) in [4.78, 5) is 29.9. The van der Waals surface area contributed by atoms with Gasteiger partial charge in [-0.1, -0.05) is 15.9 Å². The maximum atomic E-state index is 14.2. The van der Waals surface area contributed by atoms with Gasteiger partial charge in [0.2, 0.25) is 0 Å². The van der Waals surface area contributed by atoms with Crippen molar-refractivity contribution in [3.63, 3.8) is 0 Å². The van der Waals surface area contributed by atoms with Gasteiger partial charge in [-0.3, -0.25) is 14.4 Å². The van der Waals surface area contributed by atoms with Gasteiger partial charge in [0.1, 0.15) is 10.3 Å². The summed E-state index contributed by atoms with van der Waals surface area (Å²) in [5.41, 5.74) is 2.47. The summed E-state index contributed by atoms with van der Waals surface area (Å²) in [6.07, 6.45) is 3.57. The van der Waals surface area contributed by atoms with Crippen LogP contribution in [0.25, 0.3) is 0 Å². The normalized spacial score (nSPS) is 13.5. The first kappa shape index (κ1) is 19.1. The van der Waals surface area contributed by atoms with Gasteiger partial charge < -0.3 is 9.88 Å². The van der Waals surface area contributed by atoms with Crippen molar-refractivity contribution >= 4 is 49.1 Å². The zero-order valence-corrected chi connectivity index (χ0v) is 17.0. The fraction of sp³-hybridized carbons (Fsp3) is 0.294. The largest absolute Gasteiger partial charge is 0.351 e. The number of hydrogen-bond acceptors (Lipinski definition) is 4. The van der Waals surface area contributed by atoms with E-state index in [9.17, 15) is 14.0 Å². The van der Waals surface area contributed by atoms with Crippen LogP contribution in [0.1, 0.15) is 23.2 Å². The molecule has 2 N–H and O–H groups in total. The number of rotatable bonds is 6. The molecule has 1 aliphatic rings. The fourth-order valence-corrected chi connectivity index (χ4v) is 3.21. The third kappa shape index (κ3) is 4.33. The highest BCUT2D eigenvalue weighted by Crippen LogP contribution is 2.30. The zero-order chi connectivity index (χ0) is 18.8. The van der Waals surface area contributed by atoms with Crippen molar-refractivity contribution in [1.29, 1.82) is 0 Å². The molecule has 0 saturated heterocycles. The molecule has 0 atom stereocenters. The van der Waals surface area contributed by atoms with Crippen molar-refractivity contribution in [3.05, 3.63) is 55.1 Å². The van der Waals surface area contributed by atoms with Gasteiger partial charge in [0.05, 0.1) is 23.5 Å². The summed E-state index contributed by atoms with van der Waals surface area (Å²) >= 11 is 6.39. The van der Waals surface area contributed by atoms with Gasteiger partial charge in [0.25, 0.3) is 11.5 Å². The highest BCUT2D eigenvalue weighted by atomic mass is 79.9. The van der Waals surface area contributed by atoms with E-state index < -0.39 is 11.7 Å². The lowest BCUT2D eigenvalue weighted by molar-refractivity contribution is 0.0270. The van der Waals surface area contributed by atoms with Crippen LogP contribution in [0, 0.1) is 11.7 Å². The van der Waals surface area contributed by atoms with Crippen LogP contribution in [-0.4, -0.2) is 17.1 Å². The van der Waals surface area contributed by atoms with Crippen LogP contribution in [0.2, 0.25) is 0 Å². The Hall–Kier alpha value is -1.71. The molecular formula is C17H16Br2FN3O3. The molecule has 1 aromatic carbocycles. The summed E-state index contributed by atoms with van der Waals surface area (Å²) in [6.45, 7) is 0.447. The van der Waals surface area contributed by atoms with Gasteiger partial charge in [0, 0.05) is 17.7 Å². The lowest BCUT2D eigenvalue weighted by Gasteiger charge is -2.16. The second kappa shape index (κ2) is 7.89. The molecule has 2 aromatic rings. The van der Waals surface area contributed by atoms with Gasteiger partial charge in [0.15, 0.2) is 0 Å². The van der Waals surface area contributed by atoms with Crippen molar-refractivity contribution in [2.75, 3.05) is 11.9 Å². The van der Waals surface area contributed by atoms with E-state index in [0.29, 0.717) is 17.0 Å². The molecule has 0 spiro atoms. The Morgan fingerprint density at radius 2 is 2.12 bits per heavy atom. The Morgan fingerprint density at radius 1 is 1.38 bits per heavy atom. The smallest absolute Gasteiger partial charge is 0.278 e. The van der Waals surface area contributed by atoms with Gasteiger partial charge in [-0.25, -0.2) is 9.87 Å². The van der Waals surface area contributed by atoms with Crippen molar-refractivity contribution in [2.24, 2.45) is 13.0 Å². The first-order valence-electron chi connectivity index (χ1n) is 7.90. The van der Waals surface area contributed by atoms with Crippen LogP contribution < -0.4 is 16.4 Å². The Labute approximate surface area is 165 Å². The lowest BCUT2D eigenvalue weighted by Crippen LogP contribution is -2.29. The molecule has 3 rings (SSSR count). The molecule has 26 heavy (non-hydrogen) atoms. The number of aromatic nitrogens is 1. The highest BCUT2D eigenvalue weighted by Gasteiger charge is 2.23. The minimum absolute atomic E-state index is 0.122. The van der Waals surface area contributed by atoms with Crippen LogP contribution in [0.4, 0.5) is 15.8 Å². The summed E-state index contributed by atoms with van der Waals surface area (Å²) < 4.78 is 16.1. The third-order valence-electron chi connectivity index (χ3n) is 3.94. The van der Waals surface area contributed by atoms with Gasteiger partial charge in [-0.15, -0.1) is 0 Å². The van der Waals surface area contributed by atoms with Crippen LogP contribution in [-0.2, 0) is 11.9 Å². The van der Waals surface area contributed by atoms with E-state index in [1.165, 1.54) is 29.9 Å². The van der Waals surface area contributed by atoms with E-state index in [1.54, 1.807) is 6.07 Å². The molecule has 6 nitrogen and oxygen atoms in total. The fourth-order valence-electron chi connectivity index (χ4n) is 2.28. The molecule has 0 aliphatic heterocycles. The number of nitrogens with one attached hydrogen (secondary N) is 2. The molecular weight excluding hydrogens is 473 g/mol. The minimum Gasteiger partial charge on any atom is -0.351 e. The predicted molar refractivity (Wildman–Crippen MR) is 103 cm³/mol. The number of carbonyl (C=O) groups excluding carboxylic acids is 1. The Morgan fingerprint density at radius 3 is 2.77 bits per heavy atom. The second-order valence-electron chi connectivity index (χ2n) is 6.08. The van der Waals surface area contributed by atoms with Crippen LogP contribution in [0.3, 0.4) is 0 Å². The number of benzene rings is 1. The minimum atomic E-state index is -0.526.